The van der Waals surface area contributed by atoms with E-state index in [1.807, 2.05) is 0 Å². The van der Waals surface area contributed by atoms with Crippen LogP contribution < -0.4 is 5.73 Å². The van der Waals surface area contributed by atoms with Crippen molar-refractivity contribution in [1.29, 1.82) is 0 Å². The first-order chi connectivity index (χ1) is 11.8. The number of nitrogens with two attached hydrogens (primary N) is 1. The molecule has 1 rings (SSSR count). The van der Waals surface area contributed by atoms with Gasteiger partial charge in [-0.05, 0) is 12.5 Å². The van der Waals surface area contributed by atoms with Gasteiger partial charge in [-0.25, -0.2) is 4.79 Å². The van der Waals surface area contributed by atoms with Crippen LogP contribution in [0.1, 0.15) is 12.5 Å². The highest BCUT2D eigenvalue weighted by Gasteiger charge is 2.43. The van der Waals surface area contributed by atoms with E-state index in [-0.39, 0.29) is 10.9 Å². The first-order valence-electron chi connectivity index (χ1n) is 6.98. The normalized spacial score (nSPS) is 14.3. The predicted molar refractivity (Wildman–Crippen MR) is 88.4 cm³/mol. The number of nitrogens with zero attached hydrogens (tertiary/aromatic N) is 1. The first kappa shape index (κ1) is 21.8. The highest BCUT2D eigenvalue weighted by molar-refractivity contribution is 7.86. The Balaban J connectivity index is 3.12. The van der Waals surface area contributed by atoms with Gasteiger partial charge in [0.1, 0.15) is 12.7 Å². The fourth-order valence-corrected chi connectivity index (χ4v) is 3.46. The molecule has 11 nitrogen and oxygen atoms in total. The number of hydrogen-bond donors (Lipinski definition) is 2. The molecule has 26 heavy (non-hydrogen) atoms. The molecule has 0 aromatic heterocycles. The maximum atomic E-state index is 12.1. The van der Waals surface area contributed by atoms with Crippen LogP contribution in [0.25, 0.3) is 0 Å². The quantitative estimate of drug-likeness (QED) is 0.429. The van der Waals surface area contributed by atoms with E-state index in [0.717, 1.165) is 6.92 Å². The molecular formula is C13H18N2O9S2. The Kier molecular flexibility index (Phi) is 7.08. The van der Waals surface area contributed by atoms with E-state index in [1.165, 1.54) is 0 Å². The van der Waals surface area contributed by atoms with Gasteiger partial charge in [0.15, 0.2) is 6.04 Å². The Bertz CT molecular complexity index is 853. The van der Waals surface area contributed by atoms with Crippen LogP contribution in [0.5, 0.6) is 0 Å². The third kappa shape index (κ3) is 6.59. The van der Waals surface area contributed by atoms with Gasteiger partial charge in [0, 0.05) is 0 Å². The van der Waals surface area contributed by atoms with Crippen molar-refractivity contribution >= 4 is 32.4 Å². The number of ether oxygens (including phenoxy) is 1. The number of primary amides is 1. The highest BCUT2D eigenvalue weighted by Crippen LogP contribution is 2.16. The van der Waals surface area contributed by atoms with Crippen molar-refractivity contribution in [2.75, 3.05) is 6.26 Å². The lowest BCUT2D eigenvalue weighted by Crippen LogP contribution is -2.56. The standard InChI is InChI=1S/C13H18N2O9S2/c1-9(24-25(2,18)19)11(12(14)16)15(26(20,21)22)13(17)23-8-10-6-4-3-5-7-10/h3-7,9,11H,8H2,1-2H3,(H2,14,16)(H,20,21,22)/t9-,11+/m1/s1. The maximum absolute atomic E-state index is 12.1. The molecule has 0 spiro atoms. The zero-order valence-corrected chi connectivity index (χ0v) is 15.4. The van der Waals surface area contributed by atoms with Crippen molar-refractivity contribution in [3.05, 3.63) is 35.9 Å². The molecule has 0 saturated heterocycles. The zero-order chi connectivity index (χ0) is 20.1. The smallest absolute Gasteiger partial charge is 0.426 e. The third-order valence-corrected chi connectivity index (χ3v) is 4.48. The molecule has 0 aliphatic carbocycles. The van der Waals surface area contributed by atoms with Gasteiger partial charge in [0.05, 0.1) is 6.26 Å². The van der Waals surface area contributed by atoms with Gasteiger partial charge in [-0.15, -0.1) is 0 Å². The van der Waals surface area contributed by atoms with Crippen molar-refractivity contribution in [3.8, 4) is 0 Å². The minimum Gasteiger partial charge on any atom is -0.444 e. The van der Waals surface area contributed by atoms with Crippen LogP contribution in [0.3, 0.4) is 0 Å². The summed E-state index contributed by atoms with van der Waals surface area (Å²) in [5.41, 5.74) is 5.55. The summed E-state index contributed by atoms with van der Waals surface area (Å²) in [5, 5.41) is 0. The largest absolute Gasteiger partial charge is 0.444 e. The van der Waals surface area contributed by atoms with Crippen LogP contribution in [-0.2, 0) is 40.7 Å². The van der Waals surface area contributed by atoms with E-state index in [9.17, 15) is 31.0 Å². The summed E-state index contributed by atoms with van der Waals surface area (Å²) in [5.74, 6) is -1.43. The van der Waals surface area contributed by atoms with Crippen LogP contribution in [0.15, 0.2) is 30.3 Å². The van der Waals surface area contributed by atoms with E-state index in [1.54, 1.807) is 30.3 Å². The first-order valence-corrected chi connectivity index (χ1v) is 10.2. The van der Waals surface area contributed by atoms with Gasteiger partial charge in [0.25, 0.3) is 10.1 Å². The second-order valence-electron chi connectivity index (χ2n) is 5.17. The number of hydrogen-bond acceptors (Lipinski definition) is 8. The molecule has 13 heteroatoms. The van der Waals surface area contributed by atoms with Crippen molar-refractivity contribution in [2.24, 2.45) is 5.73 Å². The third-order valence-electron chi connectivity index (χ3n) is 2.95. The average Bonchev–Trinajstić information content (AvgIpc) is 2.47. The van der Waals surface area contributed by atoms with Crippen molar-refractivity contribution < 1.29 is 39.9 Å². The summed E-state index contributed by atoms with van der Waals surface area (Å²) in [6.07, 6.45) is -2.70. The average molecular weight is 410 g/mol. The minimum atomic E-state index is -5.33. The molecule has 2 atom stereocenters. The van der Waals surface area contributed by atoms with Crippen LogP contribution in [0.4, 0.5) is 4.79 Å². The molecule has 0 saturated carbocycles. The fraction of sp³-hybridized carbons (Fsp3) is 0.385. The van der Waals surface area contributed by atoms with Gasteiger partial charge in [-0.1, -0.05) is 30.3 Å². The van der Waals surface area contributed by atoms with Gasteiger partial charge < -0.3 is 10.5 Å². The minimum absolute atomic E-state index is 0.367. The van der Waals surface area contributed by atoms with E-state index < -0.39 is 44.6 Å². The van der Waals surface area contributed by atoms with Crippen molar-refractivity contribution in [2.45, 2.75) is 25.7 Å². The van der Waals surface area contributed by atoms with Crippen LogP contribution in [0, 0.1) is 0 Å². The lowest BCUT2D eigenvalue weighted by Gasteiger charge is -2.29. The predicted octanol–water partition coefficient (Wildman–Crippen LogP) is -0.353. The summed E-state index contributed by atoms with van der Waals surface area (Å²) in [6.45, 7) is 0.609. The number of rotatable bonds is 8. The number of carbonyl (C=O) groups excluding carboxylic acids is 2. The van der Waals surface area contributed by atoms with Gasteiger partial charge in [-0.2, -0.15) is 21.1 Å². The van der Waals surface area contributed by atoms with Crippen molar-refractivity contribution in [3.63, 3.8) is 0 Å². The van der Waals surface area contributed by atoms with E-state index in [0.29, 0.717) is 11.8 Å². The molecule has 0 aliphatic heterocycles. The Morgan fingerprint density at radius 1 is 1.19 bits per heavy atom. The molecule has 0 aliphatic rings. The Labute approximate surface area is 150 Å². The lowest BCUT2D eigenvalue weighted by atomic mass is 10.2. The molecule has 0 unspecified atom stereocenters. The monoisotopic (exact) mass is 410 g/mol. The van der Waals surface area contributed by atoms with Crippen molar-refractivity contribution in [1.82, 2.24) is 4.31 Å². The number of benzene rings is 1. The highest BCUT2D eigenvalue weighted by atomic mass is 32.2. The van der Waals surface area contributed by atoms with E-state index in [4.69, 9.17) is 10.5 Å². The summed E-state index contributed by atoms with van der Waals surface area (Å²) >= 11 is 0. The van der Waals surface area contributed by atoms with E-state index >= 15 is 0 Å². The molecule has 1 aromatic rings. The SMILES string of the molecule is C[C@@H](OS(C)(=O)=O)[C@@H](C(N)=O)N(C(=O)OCc1ccccc1)S(=O)(=O)O. The Hall–Kier alpha value is -2.22. The molecule has 0 heterocycles. The molecule has 0 radical (unpaired) electrons. The second-order valence-corrected chi connectivity index (χ2v) is 8.06. The van der Waals surface area contributed by atoms with Crippen LogP contribution in [0.2, 0.25) is 0 Å². The molecule has 1 aromatic carbocycles. The number of carbonyl (C=O) groups is 2. The molecule has 0 fully saturated rings. The topological polar surface area (TPSA) is 170 Å². The summed E-state index contributed by atoms with van der Waals surface area (Å²) < 4.78 is 63.7. The van der Waals surface area contributed by atoms with Gasteiger partial charge >= 0.3 is 16.4 Å². The maximum Gasteiger partial charge on any atom is 0.426 e. The summed E-state index contributed by atoms with van der Waals surface area (Å²) in [7, 11) is -9.46. The van der Waals surface area contributed by atoms with Crippen LogP contribution >= 0.6 is 0 Å². The van der Waals surface area contributed by atoms with Crippen LogP contribution in [-0.4, -0.2) is 56.1 Å². The summed E-state index contributed by atoms with van der Waals surface area (Å²) in [6, 6.07) is 5.96. The van der Waals surface area contributed by atoms with Gasteiger partial charge in [-0.3, -0.25) is 13.5 Å². The Morgan fingerprint density at radius 2 is 1.73 bits per heavy atom. The molecule has 3 N–H and O–H groups in total. The van der Waals surface area contributed by atoms with Gasteiger partial charge in [0.2, 0.25) is 5.91 Å². The molecule has 146 valence electrons. The molecule has 0 bridgehead atoms. The fourth-order valence-electron chi connectivity index (χ4n) is 2.00. The Morgan fingerprint density at radius 3 is 2.15 bits per heavy atom. The molecular weight excluding hydrogens is 392 g/mol. The lowest BCUT2D eigenvalue weighted by molar-refractivity contribution is -0.123. The molecule has 2 amide bonds. The second kappa shape index (κ2) is 8.44. The summed E-state index contributed by atoms with van der Waals surface area (Å²) in [4.78, 5) is 23.7. The number of amides is 2. The van der Waals surface area contributed by atoms with E-state index in [2.05, 4.69) is 4.18 Å². The zero-order valence-electron chi connectivity index (χ0n) is 13.8.